The molecular formula is C24H21NO5. The van der Waals surface area contributed by atoms with Gasteiger partial charge in [0.25, 0.3) is 11.7 Å². The standard InChI is InChI=1S/C24H21NO5/c1-3-29-18-12-10-16(11-13-18)22(26)20-21(19-14-9-15(2)30-19)25(24(28)23(20)27)17-7-5-4-6-8-17/h4-14,21,26H,3H2,1-2H3/b22-20-. The zero-order valence-corrected chi connectivity index (χ0v) is 16.7. The molecule has 1 aliphatic rings. The van der Waals surface area contributed by atoms with Crippen LogP contribution in [0.15, 0.2) is 76.7 Å². The van der Waals surface area contributed by atoms with Crippen molar-refractivity contribution < 1.29 is 23.8 Å². The SMILES string of the molecule is CCOc1ccc(/C(O)=C2/C(=O)C(=O)N(c3ccccc3)C2c2ccc(C)o2)cc1. The van der Waals surface area contributed by atoms with Crippen LogP contribution in [0.25, 0.3) is 5.76 Å². The number of Topliss-reactive ketones (excluding diaryl/α,β-unsaturated/α-hetero) is 1. The van der Waals surface area contributed by atoms with Crippen LogP contribution < -0.4 is 9.64 Å². The van der Waals surface area contributed by atoms with Gasteiger partial charge in [0.1, 0.15) is 29.1 Å². The predicted molar refractivity (Wildman–Crippen MR) is 112 cm³/mol. The van der Waals surface area contributed by atoms with E-state index in [1.807, 2.05) is 13.0 Å². The molecule has 0 saturated carbocycles. The van der Waals surface area contributed by atoms with E-state index in [4.69, 9.17) is 9.15 Å². The number of hydrogen-bond acceptors (Lipinski definition) is 5. The van der Waals surface area contributed by atoms with Gasteiger partial charge in [-0.3, -0.25) is 14.5 Å². The van der Waals surface area contributed by atoms with Gasteiger partial charge in [-0.15, -0.1) is 0 Å². The number of amides is 1. The highest BCUT2D eigenvalue weighted by atomic mass is 16.5. The Hall–Kier alpha value is -3.80. The molecule has 1 N–H and O–H groups in total. The number of nitrogens with zero attached hydrogens (tertiary/aromatic N) is 1. The third-order valence-corrected chi connectivity index (χ3v) is 4.95. The van der Waals surface area contributed by atoms with Gasteiger partial charge in [0, 0.05) is 11.3 Å². The van der Waals surface area contributed by atoms with Crippen molar-refractivity contribution in [3.8, 4) is 5.75 Å². The Morgan fingerprint density at radius 2 is 1.73 bits per heavy atom. The zero-order valence-electron chi connectivity index (χ0n) is 16.7. The van der Waals surface area contributed by atoms with Crippen LogP contribution in [0.1, 0.15) is 30.0 Å². The van der Waals surface area contributed by atoms with E-state index in [2.05, 4.69) is 0 Å². The van der Waals surface area contributed by atoms with Crippen LogP contribution in [0, 0.1) is 6.92 Å². The molecule has 0 spiro atoms. The lowest BCUT2D eigenvalue weighted by Crippen LogP contribution is -2.29. The number of hydrogen-bond donors (Lipinski definition) is 1. The molecule has 0 bridgehead atoms. The Kier molecular flexibility index (Phi) is 5.14. The molecule has 1 aromatic heterocycles. The molecule has 2 heterocycles. The number of carbonyl (C=O) groups is 2. The lowest BCUT2D eigenvalue weighted by Gasteiger charge is -2.23. The molecule has 152 valence electrons. The topological polar surface area (TPSA) is 80.0 Å². The van der Waals surface area contributed by atoms with Crippen molar-refractivity contribution in [2.24, 2.45) is 0 Å². The summed E-state index contributed by atoms with van der Waals surface area (Å²) < 4.78 is 11.2. The van der Waals surface area contributed by atoms with E-state index >= 15 is 0 Å². The maximum atomic E-state index is 13.0. The van der Waals surface area contributed by atoms with Gasteiger partial charge in [-0.25, -0.2) is 0 Å². The fourth-order valence-corrected chi connectivity index (χ4v) is 3.59. The first-order valence-corrected chi connectivity index (χ1v) is 9.67. The average molecular weight is 403 g/mol. The first kappa shape index (κ1) is 19.5. The number of rotatable bonds is 5. The molecule has 0 radical (unpaired) electrons. The number of para-hydroxylation sites is 1. The minimum absolute atomic E-state index is 0.0117. The minimum atomic E-state index is -0.868. The van der Waals surface area contributed by atoms with Gasteiger partial charge in [-0.1, -0.05) is 18.2 Å². The number of furan rings is 1. The quantitative estimate of drug-likeness (QED) is 0.382. The highest BCUT2D eigenvalue weighted by Crippen LogP contribution is 2.42. The molecule has 2 aromatic carbocycles. The molecule has 1 aliphatic heterocycles. The highest BCUT2D eigenvalue weighted by molar-refractivity contribution is 6.51. The van der Waals surface area contributed by atoms with Gasteiger partial charge in [0.15, 0.2) is 0 Å². The molecule has 30 heavy (non-hydrogen) atoms. The summed E-state index contributed by atoms with van der Waals surface area (Å²) in [5.74, 6) is -0.0318. The third kappa shape index (κ3) is 3.37. The summed E-state index contributed by atoms with van der Waals surface area (Å²) in [6, 6.07) is 18.2. The summed E-state index contributed by atoms with van der Waals surface area (Å²) in [6.45, 7) is 4.18. The fraction of sp³-hybridized carbons (Fsp3) is 0.167. The van der Waals surface area contributed by atoms with Gasteiger partial charge < -0.3 is 14.3 Å². The van der Waals surface area contributed by atoms with E-state index in [1.165, 1.54) is 4.90 Å². The highest BCUT2D eigenvalue weighted by Gasteiger charge is 2.48. The molecule has 1 saturated heterocycles. The summed E-state index contributed by atoms with van der Waals surface area (Å²) in [4.78, 5) is 27.3. The van der Waals surface area contributed by atoms with Gasteiger partial charge in [0.2, 0.25) is 0 Å². The minimum Gasteiger partial charge on any atom is -0.507 e. The van der Waals surface area contributed by atoms with E-state index in [9.17, 15) is 14.7 Å². The van der Waals surface area contributed by atoms with Crippen molar-refractivity contribution in [3.63, 3.8) is 0 Å². The number of benzene rings is 2. The van der Waals surface area contributed by atoms with Crippen molar-refractivity contribution in [1.82, 2.24) is 0 Å². The van der Waals surface area contributed by atoms with Crippen LogP contribution in [0.4, 0.5) is 5.69 Å². The van der Waals surface area contributed by atoms with E-state index in [-0.39, 0.29) is 11.3 Å². The zero-order chi connectivity index (χ0) is 21.3. The Bertz CT molecular complexity index is 1110. The van der Waals surface area contributed by atoms with Crippen molar-refractivity contribution in [2.75, 3.05) is 11.5 Å². The lowest BCUT2D eigenvalue weighted by atomic mass is 9.99. The Morgan fingerprint density at radius 1 is 1.03 bits per heavy atom. The van der Waals surface area contributed by atoms with Crippen molar-refractivity contribution in [2.45, 2.75) is 19.9 Å². The van der Waals surface area contributed by atoms with Gasteiger partial charge >= 0.3 is 0 Å². The van der Waals surface area contributed by atoms with E-state index in [1.54, 1.807) is 67.6 Å². The Morgan fingerprint density at radius 3 is 2.33 bits per heavy atom. The first-order valence-electron chi connectivity index (χ1n) is 9.67. The van der Waals surface area contributed by atoms with E-state index < -0.39 is 17.7 Å². The average Bonchev–Trinajstić information content (AvgIpc) is 3.30. The smallest absolute Gasteiger partial charge is 0.300 e. The molecule has 1 unspecified atom stereocenters. The molecule has 3 aromatic rings. The van der Waals surface area contributed by atoms with Gasteiger partial charge in [0.05, 0.1) is 12.2 Å². The number of ketones is 1. The number of ether oxygens (including phenoxy) is 1. The summed E-state index contributed by atoms with van der Waals surface area (Å²) in [6.07, 6.45) is 0. The third-order valence-electron chi connectivity index (χ3n) is 4.95. The molecular weight excluding hydrogens is 382 g/mol. The van der Waals surface area contributed by atoms with Crippen LogP contribution in [-0.2, 0) is 9.59 Å². The number of aryl methyl sites for hydroxylation is 1. The summed E-state index contributed by atoms with van der Waals surface area (Å²) in [5, 5.41) is 11.0. The summed E-state index contributed by atoms with van der Waals surface area (Å²) >= 11 is 0. The fourth-order valence-electron chi connectivity index (χ4n) is 3.59. The molecule has 4 rings (SSSR count). The molecule has 1 atom stereocenters. The monoisotopic (exact) mass is 403 g/mol. The van der Waals surface area contributed by atoms with Crippen molar-refractivity contribution >= 4 is 23.1 Å². The number of aliphatic hydroxyl groups excluding tert-OH is 1. The molecule has 6 nitrogen and oxygen atoms in total. The molecule has 0 aliphatic carbocycles. The summed E-state index contributed by atoms with van der Waals surface area (Å²) in [5.41, 5.74) is 0.949. The molecule has 1 amide bonds. The van der Waals surface area contributed by atoms with Crippen LogP contribution in [0.5, 0.6) is 5.75 Å². The predicted octanol–water partition coefficient (Wildman–Crippen LogP) is 4.61. The summed E-state index contributed by atoms with van der Waals surface area (Å²) in [7, 11) is 0. The van der Waals surface area contributed by atoms with Crippen LogP contribution in [0.2, 0.25) is 0 Å². The van der Waals surface area contributed by atoms with Crippen LogP contribution in [0.3, 0.4) is 0 Å². The van der Waals surface area contributed by atoms with E-state index in [0.717, 1.165) is 0 Å². The first-order chi connectivity index (χ1) is 14.5. The second kappa shape index (κ2) is 7.91. The van der Waals surface area contributed by atoms with Crippen LogP contribution >= 0.6 is 0 Å². The van der Waals surface area contributed by atoms with E-state index in [0.29, 0.717) is 35.1 Å². The van der Waals surface area contributed by atoms with Gasteiger partial charge in [-0.05, 0) is 62.4 Å². The van der Waals surface area contributed by atoms with Gasteiger partial charge in [-0.2, -0.15) is 0 Å². The number of carbonyl (C=O) groups excluding carboxylic acids is 2. The Labute approximate surface area is 174 Å². The van der Waals surface area contributed by atoms with Crippen molar-refractivity contribution in [1.29, 1.82) is 0 Å². The largest absolute Gasteiger partial charge is 0.507 e. The normalized spacial score (nSPS) is 18.1. The molecule has 6 heteroatoms. The molecule has 1 fully saturated rings. The number of aliphatic hydroxyl groups is 1. The number of anilines is 1. The van der Waals surface area contributed by atoms with Crippen LogP contribution in [-0.4, -0.2) is 23.4 Å². The maximum absolute atomic E-state index is 13.0. The second-order valence-corrected chi connectivity index (χ2v) is 6.91. The maximum Gasteiger partial charge on any atom is 0.300 e. The Balaban J connectivity index is 1.87. The lowest BCUT2D eigenvalue weighted by molar-refractivity contribution is -0.132. The second-order valence-electron chi connectivity index (χ2n) is 6.91. The van der Waals surface area contributed by atoms with Crippen molar-refractivity contribution in [3.05, 3.63) is 89.4 Å².